The second-order valence-corrected chi connectivity index (χ2v) is 13.1. The number of nitrogens with one attached hydrogen (secondary N) is 2. The number of hydrogen-bond acceptors (Lipinski definition) is 11. The van der Waals surface area contributed by atoms with Crippen molar-refractivity contribution in [2.75, 3.05) is 71.1 Å². The van der Waals surface area contributed by atoms with Crippen LogP contribution in [0.25, 0.3) is 44.1 Å². The summed E-state index contributed by atoms with van der Waals surface area (Å²) in [6.07, 6.45) is 7.73. The number of rotatable bonds is 13. The van der Waals surface area contributed by atoms with E-state index in [1.807, 2.05) is 54.6 Å². The zero-order valence-corrected chi connectivity index (χ0v) is 28.9. The molecule has 6 aromatic rings. The van der Waals surface area contributed by atoms with Crippen molar-refractivity contribution in [1.82, 2.24) is 29.7 Å². The van der Waals surface area contributed by atoms with Gasteiger partial charge in [0.25, 0.3) is 0 Å². The summed E-state index contributed by atoms with van der Waals surface area (Å²) < 4.78 is 5.48. The lowest BCUT2D eigenvalue weighted by Crippen LogP contribution is -2.31. The fraction of sp³-hybridized carbons (Fsp3) is 0.250. The number of nitrogens with zero attached hydrogens (tertiary/aromatic N) is 6. The van der Waals surface area contributed by atoms with E-state index in [-0.39, 0.29) is 11.6 Å². The normalized spacial score (nSPS) is 12.8. The van der Waals surface area contributed by atoms with Crippen molar-refractivity contribution in [1.29, 1.82) is 0 Å². The first-order chi connectivity index (χ1) is 24.9. The van der Waals surface area contributed by atoms with Gasteiger partial charge in [-0.15, -0.1) is 0 Å². The molecule has 11 nitrogen and oxygen atoms in total. The molecule has 0 aliphatic heterocycles. The van der Waals surface area contributed by atoms with Crippen molar-refractivity contribution in [3.63, 3.8) is 0 Å². The zero-order valence-electron chi connectivity index (χ0n) is 28.9. The molecule has 0 radical (unpaired) electrons. The van der Waals surface area contributed by atoms with Gasteiger partial charge in [-0.2, -0.15) is 0 Å². The Kier molecular flexibility index (Phi) is 8.58. The Morgan fingerprint density at radius 2 is 1.18 bits per heavy atom. The molecule has 0 atom stereocenters. The van der Waals surface area contributed by atoms with Crippen LogP contribution < -0.4 is 15.4 Å². The van der Waals surface area contributed by atoms with E-state index in [4.69, 9.17) is 14.7 Å². The molecule has 2 aliphatic rings. The molecule has 0 fully saturated rings. The highest BCUT2D eigenvalue weighted by atomic mass is 16.5. The molecule has 256 valence electrons. The predicted molar refractivity (Wildman–Crippen MR) is 200 cm³/mol. The number of hydrogen-bond donors (Lipinski definition) is 2. The average Bonchev–Trinajstić information content (AvgIpc) is 3.63. The summed E-state index contributed by atoms with van der Waals surface area (Å²) in [4.78, 5) is 49.7. The third-order valence-electron chi connectivity index (χ3n) is 9.86. The molecule has 2 N–H and O–H groups in total. The fourth-order valence-electron chi connectivity index (χ4n) is 7.26. The van der Waals surface area contributed by atoms with Crippen molar-refractivity contribution >= 4 is 45.0 Å². The number of benzene rings is 2. The third kappa shape index (κ3) is 5.84. The minimum atomic E-state index is -0.0616. The first-order valence-electron chi connectivity index (χ1n) is 17.2. The molecule has 0 saturated heterocycles. The van der Waals surface area contributed by atoms with E-state index in [9.17, 15) is 9.59 Å². The van der Waals surface area contributed by atoms with Crippen LogP contribution in [0.1, 0.15) is 38.3 Å². The summed E-state index contributed by atoms with van der Waals surface area (Å²) in [6, 6.07) is 17.5. The summed E-state index contributed by atoms with van der Waals surface area (Å²) in [7, 11) is 5.86. The number of methoxy groups -OCH3 is 1. The van der Waals surface area contributed by atoms with Gasteiger partial charge in [0.05, 0.1) is 29.3 Å². The Balaban J connectivity index is 0.855. The summed E-state index contributed by atoms with van der Waals surface area (Å²) in [6.45, 7) is 4.72. The largest absolute Gasteiger partial charge is 0.497 e. The van der Waals surface area contributed by atoms with Gasteiger partial charge in [0.1, 0.15) is 17.4 Å². The topological polar surface area (TPSA) is 125 Å². The minimum Gasteiger partial charge on any atom is -0.497 e. The Morgan fingerprint density at radius 3 is 1.76 bits per heavy atom. The molecular weight excluding hydrogens is 640 g/mol. The molecule has 0 amide bonds. The number of carbonyl (C=O) groups excluding carboxylic acids is 2. The summed E-state index contributed by atoms with van der Waals surface area (Å²) in [5.41, 5.74) is 7.70. The molecule has 11 heteroatoms. The molecular formula is C40H38N8O3. The fourth-order valence-corrected chi connectivity index (χ4v) is 7.26. The first kappa shape index (κ1) is 32.4. The van der Waals surface area contributed by atoms with Gasteiger partial charge in [-0.1, -0.05) is 18.2 Å². The van der Waals surface area contributed by atoms with Crippen LogP contribution in [0.4, 0.5) is 11.6 Å². The molecule has 4 aromatic heterocycles. The smallest absolute Gasteiger partial charge is 0.199 e. The first-order valence-corrected chi connectivity index (χ1v) is 17.2. The summed E-state index contributed by atoms with van der Waals surface area (Å²) in [5.74, 6) is 1.84. The lowest BCUT2D eigenvalue weighted by molar-refractivity contribution is 0.103. The number of anilines is 2. The number of likely N-dealkylation sites (N-methyl/N-ethyl adjacent to an activating group) is 2. The van der Waals surface area contributed by atoms with E-state index in [1.165, 1.54) is 0 Å². The van der Waals surface area contributed by atoms with Gasteiger partial charge in [0.15, 0.2) is 11.6 Å². The SMILES string of the molecule is COc1ccc2nc(NCCN(C)CCCN(C)CCNc3nc4ccccc4c4c3C(=O)c3cnccc3-4)c3c(c2c1)-c1ccncc1C3=O. The van der Waals surface area contributed by atoms with E-state index >= 15 is 0 Å². The van der Waals surface area contributed by atoms with E-state index in [0.717, 1.165) is 82.4 Å². The quantitative estimate of drug-likeness (QED) is 0.154. The van der Waals surface area contributed by atoms with Crippen molar-refractivity contribution in [2.45, 2.75) is 6.42 Å². The van der Waals surface area contributed by atoms with Crippen LogP contribution in [0.5, 0.6) is 5.75 Å². The van der Waals surface area contributed by atoms with E-state index in [0.29, 0.717) is 47.0 Å². The molecule has 0 unspecified atom stereocenters. The Hall–Kier alpha value is -5.78. The Labute approximate surface area is 295 Å². The Morgan fingerprint density at radius 1 is 0.627 bits per heavy atom. The van der Waals surface area contributed by atoms with Gasteiger partial charge in [-0.25, -0.2) is 9.97 Å². The number of para-hydroxylation sites is 1. The van der Waals surface area contributed by atoms with E-state index in [1.54, 1.807) is 31.9 Å². The number of carbonyl (C=O) groups is 2. The van der Waals surface area contributed by atoms with Crippen molar-refractivity contribution in [2.24, 2.45) is 0 Å². The highest BCUT2D eigenvalue weighted by Crippen LogP contribution is 2.45. The summed E-state index contributed by atoms with van der Waals surface area (Å²) in [5, 5.41) is 8.79. The lowest BCUT2D eigenvalue weighted by atomic mass is 10.0. The minimum absolute atomic E-state index is 0.0322. The number of ether oxygens (including phenoxy) is 1. The second kappa shape index (κ2) is 13.5. The highest BCUT2D eigenvalue weighted by molar-refractivity contribution is 6.28. The molecule has 2 aliphatic carbocycles. The van der Waals surface area contributed by atoms with Gasteiger partial charge in [0, 0.05) is 84.0 Å². The van der Waals surface area contributed by atoms with Crippen molar-refractivity contribution < 1.29 is 14.3 Å². The number of pyridine rings is 4. The maximum atomic E-state index is 13.5. The maximum absolute atomic E-state index is 13.5. The number of aromatic nitrogens is 4. The second-order valence-electron chi connectivity index (χ2n) is 13.1. The van der Waals surface area contributed by atoms with E-state index in [2.05, 4.69) is 44.5 Å². The molecule has 4 heterocycles. The molecule has 8 rings (SSSR count). The van der Waals surface area contributed by atoms with Crippen LogP contribution in [0.2, 0.25) is 0 Å². The van der Waals surface area contributed by atoms with E-state index < -0.39 is 0 Å². The van der Waals surface area contributed by atoms with Crippen LogP contribution in [0.3, 0.4) is 0 Å². The van der Waals surface area contributed by atoms with Crippen LogP contribution in [0.15, 0.2) is 79.4 Å². The van der Waals surface area contributed by atoms with Crippen LogP contribution >= 0.6 is 0 Å². The van der Waals surface area contributed by atoms with Crippen molar-refractivity contribution in [3.8, 4) is 28.0 Å². The molecule has 0 bridgehead atoms. The van der Waals surface area contributed by atoms with Crippen LogP contribution in [0, 0.1) is 0 Å². The number of fused-ring (bicyclic) bond motifs is 10. The van der Waals surface area contributed by atoms with Gasteiger partial charge < -0.3 is 25.2 Å². The highest BCUT2D eigenvalue weighted by Gasteiger charge is 2.34. The summed E-state index contributed by atoms with van der Waals surface area (Å²) >= 11 is 0. The van der Waals surface area contributed by atoms with Gasteiger partial charge >= 0.3 is 0 Å². The molecule has 2 aromatic carbocycles. The molecule has 0 spiro atoms. The monoisotopic (exact) mass is 678 g/mol. The average molecular weight is 679 g/mol. The number of ketones is 2. The maximum Gasteiger partial charge on any atom is 0.199 e. The third-order valence-corrected chi connectivity index (χ3v) is 9.86. The zero-order chi connectivity index (χ0) is 35.1. The van der Waals surface area contributed by atoms with Gasteiger partial charge in [-0.3, -0.25) is 19.6 Å². The van der Waals surface area contributed by atoms with Gasteiger partial charge in [-0.05, 0) is 81.1 Å². The lowest BCUT2D eigenvalue weighted by Gasteiger charge is -2.21. The predicted octanol–water partition coefficient (Wildman–Crippen LogP) is 5.78. The van der Waals surface area contributed by atoms with Crippen molar-refractivity contribution in [3.05, 3.63) is 102 Å². The molecule has 0 saturated carbocycles. The van der Waals surface area contributed by atoms with Crippen LogP contribution in [-0.4, -0.2) is 102 Å². The molecule has 51 heavy (non-hydrogen) atoms. The standard InChI is InChI=1S/C40H38N8O3/c1-47(19-15-43-39-35-33(27-7-4-5-8-31(27)45-39)25-11-13-41-22-29(25)37(35)49)17-6-18-48(2)20-16-44-40-36-34(26-12-14-42-23-30(26)38(36)50)28-21-24(51-3)9-10-32(28)46-40/h4-5,7-14,21-23H,6,15-20H2,1-3H3,(H,43,45)(H,44,46). The Bertz CT molecular complexity index is 2340. The van der Waals surface area contributed by atoms with Crippen LogP contribution in [-0.2, 0) is 0 Å². The van der Waals surface area contributed by atoms with Gasteiger partial charge in [0.2, 0.25) is 0 Å².